The maximum absolute atomic E-state index is 5.27. The third-order valence-electron chi connectivity index (χ3n) is 7.54. The van der Waals surface area contributed by atoms with Crippen LogP contribution in [0.25, 0.3) is 61.0 Å². The third-order valence-corrected chi connectivity index (χ3v) is 7.54. The number of hydrogen-bond acceptors (Lipinski definition) is 2. The Hall–Kier alpha value is -4.01. The van der Waals surface area contributed by atoms with Crippen molar-refractivity contribution in [2.45, 2.75) is 33.1 Å². The number of nitrogens with zero attached hydrogens (tertiary/aromatic N) is 4. The number of rotatable bonds is 3. The molecule has 40 heavy (non-hydrogen) atoms. The molecule has 0 saturated carbocycles. The summed E-state index contributed by atoms with van der Waals surface area (Å²) in [6, 6.07) is 35.2. The minimum atomic E-state index is 0. The molecule has 0 bridgehead atoms. The number of benzene rings is 3. The van der Waals surface area contributed by atoms with Crippen LogP contribution in [-0.2, 0) is 26.5 Å². The maximum atomic E-state index is 5.27. The number of aromatic nitrogens is 4. The summed E-state index contributed by atoms with van der Waals surface area (Å²) >= 11 is 0. The Morgan fingerprint density at radius 2 is 1.48 bits per heavy atom. The fourth-order valence-electron chi connectivity index (χ4n) is 5.45. The normalized spacial score (nSPS) is 11.8. The molecule has 0 N–H and O–H groups in total. The molecular formula is C35H28N4Pt. The van der Waals surface area contributed by atoms with Crippen molar-refractivity contribution in [1.29, 1.82) is 0 Å². The van der Waals surface area contributed by atoms with Gasteiger partial charge in [-0.25, -0.2) is 0 Å². The quantitative estimate of drug-likeness (QED) is 0.174. The summed E-state index contributed by atoms with van der Waals surface area (Å²) in [6.07, 6.45) is 1.81. The molecule has 198 valence electrons. The predicted molar refractivity (Wildman–Crippen MR) is 160 cm³/mol. The fraction of sp³-hybridized carbons (Fsp3) is 0.143. The molecule has 0 aliphatic heterocycles. The van der Waals surface area contributed by atoms with Gasteiger partial charge in [-0.1, -0.05) is 104 Å². The summed E-state index contributed by atoms with van der Waals surface area (Å²) in [4.78, 5) is 14.9. The Morgan fingerprint density at radius 3 is 2.23 bits per heavy atom. The van der Waals surface area contributed by atoms with Gasteiger partial charge in [0, 0.05) is 23.0 Å². The van der Waals surface area contributed by atoms with Gasteiger partial charge < -0.3 is 9.55 Å². The molecule has 0 atom stereocenters. The molecule has 0 aliphatic carbocycles. The minimum Gasteiger partial charge on any atom is -0.439 e. The van der Waals surface area contributed by atoms with Crippen molar-refractivity contribution in [2.75, 3.05) is 0 Å². The molecule has 7 rings (SSSR count). The first-order valence-corrected chi connectivity index (χ1v) is 13.3. The molecule has 4 aromatic heterocycles. The zero-order valence-electron chi connectivity index (χ0n) is 22.8. The SMILES string of the molecule is Cc1[n-]c(-n2c3ccc(C(C)(C)C)cc3c3ccc(-c4[c-]c(-c5ccccn5)ccc4)nc32)c2ccccc12.[Pt+2]. The zero-order valence-corrected chi connectivity index (χ0v) is 25.1. The molecule has 4 heterocycles. The van der Waals surface area contributed by atoms with Crippen LogP contribution in [0, 0.1) is 13.0 Å². The second kappa shape index (κ2) is 9.87. The molecule has 4 nitrogen and oxygen atoms in total. The summed E-state index contributed by atoms with van der Waals surface area (Å²) in [5.74, 6) is 0.919. The van der Waals surface area contributed by atoms with Crippen molar-refractivity contribution in [2.24, 2.45) is 0 Å². The van der Waals surface area contributed by atoms with Crippen molar-refractivity contribution >= 4 is 32.7 Å². The number of pyridine rings is 2. The average molecular weight is 700 g/mol. The summed E-state index contributed by atoms with van der Waals surface area (Å²) in [7, 11) is 0. The fourth-order valence-corrected chi connectivity index (χ4v) is 5.45. The minimum absolute atomic E-state index is 0. The Balaban J connectivity index is 0.00000289. The molecule has 5 heteroatoms. The number of hydrogen-bond donors (Lipinski definition) is 0. The predicted octanol–water partition coefficient (Wildman–Crippen LogP) is 8.42. The van der Waals surface area contributed by atoms with Gasteiger partial charge >= 0.3 is 21.1 Å². The average Bonchev–Trinajstić information content (AvgIpc) is 3.46. The van der Waals surface area contributed by atoms with Crippen molar-refractivity contribution in [3.63, 3.8) is 0 Å². The van der Waals surface area contributed by atoms with E-state index in [1.54, 1.807) is 0 Å². The van der Waals surface area contributed by atoms with E-state index in [2.05, 4.69) is 104 Å². The van der Waals surface area contributed by atoms with Crippen LogP contribution in [0.3, 0.4) is 0 Å². The van der Waals surface area contributed by atoms with Gasteiger partial charge in [-0.2, -0.15) is 0 Å². The first kappa shape index (κ1) is 26.2. The van der Waals surface area contributed by atoms with Crippen molar-refractivity contribution in [3.8, 4) is 28.3 Å². The van der Waals surface area contributed by atoms with Gasteiger partial charge in [0.15, 0.2) is 0 Å². The Bertz CT molecular complexity index is 2010. The summed E-state index contributed by atoms with van der Waals surface area (Å²) in [5, 5.41) is 4.60. The molecule has 0 aliphatic rings. The van der Waals surface area contributed by atoms with Gasteiger partial charge in [0.05, 0.1) is 5.65 Å². The van der Waals surface area contributed by atoms with Crippen LogP contribution in [0.2, 0.25) is 0 Å². The first-order chi connectivity index (χ1) is 18.9. The molecule has 3 aromatic carbocycles. The van der Waals surface area contributed by atoms with Gasteiger partial charge in [0.1, 0.15) is 0 Å². The first-order valence-electron chi connectivity index (χ1n) is 13.3. The van der Waals surface area contributed by atoms with Crippen LogP contribution in [0.4, 0.5) is 0 Å². The molecule has 0 saturated heterocycles. The van der Waals surface area contributed by atoms with E-state index < -0.39 is 0 Å². The van der Waals surface area contributed by atoms with Crippen LogP contribution in [0.15, 0.2) is 97.2 Å². The standard InChI is InChI=1S/C35H28N4.Pt/c1-22-26-12-5-6-13-27(26)33(37-22)39-32-18-15-25(35(2,3)4)21-29(32)28-16-17-31(38-34(28)39)24-11-9-10-23(20-24)30-14-7-8-19-36-30;/h5-19,21H,1-4H3;/q-2;+2. The Morgan fingerprint density at radius 1 is 0.725 bits per heavy atom. The number of fused-ring (bicyclic) bond motifs is 4. The second-order valence-corrected chi connectivity index (χ2v) is 11.1. The van der Waals surface area contributed by atoms with E-state index in [1.807, 2.05) is 36.5 Å². The Labute approximate surface area is 248 Å². The topological polar surface area (TPSA) is 44.8 Å². The van der Waals surface area contributed by atoms with E-state index in [0.29, 0.717) is 0 Å². The monoisotopic (exact) mass is 699 g/mol. The summed E-state index contributed by atoms with van der Waals surface area (Å²) in [6.45, 7) is 8.84. The molecule has 0 fully saturated rings. The molecule has 0 radical (unpaired) electrons. The largest absolute Gasteiger partial charge is 2.00 e. The van der Waals surface area contributed by atoms with Gasteiger partial charge in [0.25, 0.3) is 0 Å². The van der Waals surface area contributed by atoms with Gasteiger partial charge in [-0.3, -0.25) is 9.97 Å². The van der Waals surface area contributed by atoms with E-state index in [9.17, 15) is 0 Å². The Kier molecular flexibility index (Phi) is 6.47. The van der Waals surface area contributed by atoms with Crippen molar-refractivity contribution in [3.05, 3.63) is 115 Å². The van der Waals surface area contributed by atoms with Crippen LogP contribution < -0.4 is 4.98 Å². The molecule has 0 spiro atoms. The van der Waals surface area contributed by atoms with Gasteiger partial charge in [-0.15, -0.1) is 24.3 Å². The molecule has 0 amide bonds. The van der Waals surface area contributed by atoms with Gasteiger partial charge in [0.2, 0.25) is 0 Å². The maximum Gasteiger partial charge on any atom is 2.00 e. The van der Waals surface area contributed by atoms with E-state index in [4.69, 9.17) is 9.97 Å². The van der Waals surface area contributed by atoms with E-state index in [1.165, 1.54) is 16.3 Å². The third kappa shape index (κ3) is 4.28. The van der Waals surface area contributed by atoms with Crippen LogP contribution in [0.1, 0.15) is 32.0 Å². The van der Waals surface area contributed by atoms with Crippen molar-refractivity contribution in [1.82, 2.24) is 19.5 Å². The van der Waals surface area contributed by atoms with E-state index in [-0.39, 0.29) is 26.5 Å². The van der Waals surface area contributed by atoms with Crippen LogP contribution in [-0.4, -0.2) is 14.5 Å². The number of aryl methyl sites for hydroxylation is 1. The smallest absolute Gasteiger partial charge is 0.439 e. The van der Waals surface area contributed by atoms with E-state index >= 15 is 0 Å². The summed E-state index contributed by atoms with van der Waals surface area (Å²) in [5.41, 5.74) is 8.01. The second-order valence-electron chi connectivity index (χ2n) is 11.1. The molecular weight excluding hydrogens is 671 g/mol. The van der Waals surface area contributed by atoms with Gasteiger partial charge in [-0.05, 0) is 51.5 Å². The molecule has 0 unspecified atom stereocenters. The van der Waals surface area contributed by atoms with Crippen LogP contribution >= 0.6 is 0 Å². The van der Waals surface area contributed by atoms with E-state index in [0.717, 1.165) is 56.0 Å². The summed E-state index contributed by atoms with van der Waals surface area (Å²) < 4.78 is 2.23. The van der Waals surface area contributed by atoms with Crippen LogP contribution in [0.5, 0.6) is 0 Å². The zero-order chi connectivity index (χ0) is 26.7. The molecule has 7 aromatic rings. The van der Waals surface area contributed by atoms with Crippen molar-refractivity contribution < 1.29 is 21.1 Å².